The molecule has 1 aromatic carbocycles. The number of nitro benzene ring substituents is 1. The van der Waals surface area contributed by atoms with Gasteiger partial charge < -0.3 is 0 Å². The highest BCUT2D eigenvalue weighted by Gasteiger charge is 2.15. The van der Waals surface area contributed by atoms with Crippen LogP contribution in [0.5, 0.6) is 0 Å². The van der Waals surface area contributed by atoms with Crippen LogP contribution >= 0.6 is 0 Å². The van der Waals surface area contributed by atoms with Crippen LogP contribution in [0.15, 0.2) is 23.9 Å². The van der Waals surface area contributed by atoms with Gasteiger partial charge in [-0.3, -0.25) is 20.2 Å². The molecule has 0 fully saturated rings. The number of hydrogen-bond acceptors (Lipinski definition) is 4. The zero-order chi connectivity index (χ0) is 12.3. The van der Waals surface area contributed by atoms with Gasteiger partial charge >= 0.3 is 0 Å². The van der Waals surface area contributed by atoms with Gasteiger partial charge in [0.15, 0.2) is 0 Å². The van der Waals surface area contributed by atoms with Crippen molar-refractivity contribution in [3.8, 4) is 0 Å². The minimum Gasteiger partial charge on any atom is -0.259 e. The van der Waals surface area contributed by atoms with Crippen LogP contribution in [0.3, 0.4) is 0 Å². The van der Waals surface area contributed by atoms with Gasteiger partial charge in [0.05, 0.1) is 21.5 Å². The van der Waals surface area contributed by atoms with Crippen molar-refractivity contribution in [1.82, 2.24) is 0 Å². The van der Waals surface area contributed by atoms with E-state index in [0.29, 0.717) is 0 Å². The van der Waals surface area contributed by atoms with E-state index >= 15 is 0 Å². The molecule has 0 saturated heterocycles. The predicted molar refractivity (Wildman–Crippen MR) is 53.7 cm³/mol. The van der Waals surface area contributed by atoms with E-state index in [9.17, 15) is 24.6 Å². The Labute approximate surface area is 89.3 Å². The minimum absolute atomic E-state index is 0.000556. The van der Waals surface area contributed by atoms with Crippen molar-refractivity contribution in [1.29, 1.82) is 0 Å². The normalized spacial score (nSPS) is 11.2. The van der Waals surface area contributed by atoms with Crippen molar-refractivity contribution in [2.24, 2.45) is 0 Å². The monoisotopic (exact) mass is 226 g/mol. The molecule has 0 radical (unpaired) electrons. The van der Waals surface area contributed by atoms with E-state index in [2.05, 4.69) is 0 Å². The molecule has 16 heavy (non-hydrogen) atoms. The largest absolute Gasteiger partial charge is 0.279 e. The molecule has 0 unspecified atom stereocenters. The summed E-state index contributed by atoms with van der Waals surface area (Å²) in [5.41, 5.74) is -0.753. The smallest absolute Gasteiger partial charge is 0.259 e. The Morgan fingerprint density at radius 2 is 2.00 bits per heavy atom. The Kier molecular flexibility index (Phi) is 3.29. The van der Waals surface area contributed by atoms with E-state index in [4.69, 9.17) is 0 Å². The summed E-state index contributed by atoms with van der Waals surface area (Å²) in [7, 11) is 0. The molecule has 0 heterocycles. The average molecular weight is 226 g/mol. The average Bonchev–Trinajstić information content (AvgIpc) is 2.20. The lowest BCUT2D eigenvalue weighted by Gasteiger charge is -1.97. The molecule has 6 nitrogen and oxygen atoms in total. The van der Waals surface area contributed by atoms with Gasteiger partial charge in [0.1, 0.15) is 5.82 Å². The fraction of sp³-hybridized carbons (Fsp3) is 0.111. The molecular formula is C9H7FN2O4. The second-order valence-electron chi connectivity index (χ2n) is 3.00. The molecular weight excluding hydrogens is 219 g/mol. The molecule has 0 amide bonds. The van der Waals surface area contributed by atoms with Crippen molar-refractivity contribution in [2.75, 3.05) is 0 Å². The summed E-state index contributed by atoms with van der Waals surface area (Å²) in [5.74, 6) is -0.761. The van der Waals surface area contributed by atoms with Crippen LogP contribution in [-0.4, -0.2) is 9.85 Å². The van der Waals surface area contributed by atoms with Gasteiger partial charge in [0.25, 0.3) is 5.69 Å². The SMILES string of the molecule is C/C(=C\c1ccc(F)cc1[N+](=O)[O-])[N+](=O)[O-]. The number of nitrogens with zero attached hydrogens (tertiary/aromatic N) is 2. The van der Waals surface area contributed by atoms with Crippen molar-refractivity contribution in [3.63, 3.8) is 0 Å². The molecule has 84 valence electrons. The first-order chi connectivity index (χ1) is 7.41. The molecule has 1 aromatic rings. The van der Waals surface area contributed by atoms with E-state index in [-0.39, 0.29) is 11.3 Å². The second kappa shape index (κ2) is 4.47. The highest BCUT2D eigenvalue weighted by atomic mass is 19.1. The zero-order valence-electron chi connectivity index (χ0n) is 8.21. The topological polar surface area (TPSA) is 86.3 Å². The highest BCUT2D eigenvalue weighted by molar-refractivity contribution is 5.61. The molecule has 0 spiro atoms. The Morgan fingerprint density at radius 3 is 2.50 bits per heavy atom. The van der Waals surface area contributed by atoms with Crippen molar-refractivity contribution in [3.05, 3.63) is 55.5 Å². The Balaban J connectivity index is 3.29. The maximum absolute atomic E-state index is 12.7. The van der Waals surface area contributed by atoms with Crippen LogP contribution in [-0.2, 0) is 0 Å². The van der Waals surface area contributed by atoms with E-state index in [1.54, 1.807) is 0 Å². The first-order valence-electron chi connectivity index (χ1n) is 4.18. The standard InChI is InChI=1S/C9H7FN2O4/c1-6(11(13)14)4-7-2-3-8(10)5-9(7)12(15)16/h2-5H,1H3/b6-4+. The first kappa shape index (κ1) is 11.8. The summed E-state index contributed by atoms with van der Waals surface area (Å²) in [6, 6.07) is 2.85. The van der Waals surface area contributed by atoms with Crippen molar-refractivity contribution >= 4 is 11.8 Å². The fourth-order valence-corrected chi connectivity index (χ4v) is 1.07. The summed E-state index contributed by atoms with van der Waals surface area (Å²) in [5, 5.41) is 20.9. The van der Waals surface area contributed by atoms with Gasteiger partial charge in [-0.2, -0.15) is 0 Å². The molecule has 0 N–H and O–H groups in total. The van der Waals surface area contributed by atoms with Crippen molar-refractivity contribution in [2.45, 2.75) is 6.92 Å². The van der Waals surface area contributed by atoms with Gasteiger partial charge in [0, 0.05) is 13.0 Å². The van der Waals surface area contributed by atoms with Gasteiger partial charge in [-0.1, -0.05) is 0 Å². The Hall–Kier alpha value is -2.31. The summed E-state index contributed by atoms with van der Waals surface area (Å²) in [6.45, 7) is 1.20. The van der Waals surface area contributed by atoms with E-state index < -0.39 is 21.4 Å². The third-order valence-corrected chi connectivity index (χ3v) is 1.84. The number of hydrogen-bond donors (Lipinski definition) is 0. The van der Waals surface area contributed by atoms with Gasteiger partial charge in [-0.05, 0) is 12.1 Å². The quantitative estimate of drug-likeness (QED) is 0.584. The van der Waals surface area contributed by atoms with Crippen LogP contribution in [0.1, 0.15) is 12.5 Å². The minimum atomic E-state index is -0.790. The number of rotatable bonds is 3. The Morgan fingerprint density at radius 1 is 1.38 bits per heavy atom. The van der Waals surface area contributed by atoms with Gasteiger partial charge in [-0.25, -0.2) is 4.39 Å². The third-order valence-electron chi connectivity index (χ3n) is 1.84. The predicted octanol–water partition coefficient (Wildman–Crippen LogP) is 2.37. The molecule has 1 rings (SSSR count). The molecule has 0 aromatic heterocycles. The summed E-state index contributed by atoms with van der Waals surface area (Å²) >= 11 is 0. The van der Waals surface area contributed by atoms with E-state index in [1.165, 1.54) is 6.92 Å². The first-order valence-corrected chi connectivity index (χ1v) is 4.18. The summed E-state index contributed by atoms with van der Waals surface area (Å²) < 4.78 is 12.7. The van der Waals surface area contributed by atoms with Crippen LogP contribution in [0.2, 0.25) is 0 Å². The second-order valence-corrected chi connectivity index (χ2v) is 3.00. The van der Waals surface area contributed by atoms with E-state index in [1.807, 2.05) is 0 Å². The van der Waals surface area contributed by atoms with Gasteiger partial charge in [0.2, 0.25) is 5.70 Å². The molecule has 0 aliphatic rings. The lowest BCUT2D eigenvalue weighted by molar-refractivity contribution is -0.422. The van der Waals surface area contributed by atoms with Crippen LogP contribution in [0, 0.1) is 26.0 Å². The zero-order valence-corrected chi connectivity index (χ0v) is 8.21. The maximum atomic E-state index is 12.7. The Bertz CT molecular complexity index is 484. The lowest BCUT2D eigenvalue weighted by Crippen LogP contribution is -1.96. The van der Waals surface area contributed by atoms with E-state index in [0.717, 1.165) is 24.3 Å². The molecule has 0 aliphatic heterocycles. The number of allylic oxidation sites excluding steroid dienone is 1. The highest BCUT2D eigenvalue weighted by Crippen LogP contribution is 2.22. The number of benzene rings is 1. The third kappa shape index (κ3) is 2.59. The van der Waals surface area contributed by atoms with Gasteiger partial charge in [-0.15, -0.1) is 0 Å². The van der Waals surface area contributed by atoms with Crippen LogP contribution in [0.4, 0.5) is 10.1 Å². The van der Waals surface area contributed by atoms with Crippen molar-refractivity contribution < 1.29 is 14.2 Å². The number of nitro groups is 2. The van der Waals surface area contributed by atoms with Crippen LogP contribution in [0.25, 0.3) is 6.08 Å². The fourth-order valence-electron chi connectivity index (χ4n) is 1.07. The lowest BCUT2D eigenvalue weighted by atomic mass is 10.1. The maximum Gasteiger partial charge on any atom is 0.279 e. The molecule has 0 aliphatic carbocycles. The molecule has 7 heteroatoms. The molecule has 0 bridgehead atoms. The summed E-state index contributed by atoms with van der Waals surface area (Å²) in [4.78, 5) is 19.4. The van der Waals surface area contributed by atoms with Crippen LogP contribution < -0.4 is 0 Å². The molecule has 0 atom stereocenters. The number of halogens is 1. The molecule has 0 saturated carbocycles. The summed E-state index contributed by atoms with van der Waals surface area (Å²) in [6.07, 6.45) is 1.03.